The molecule has 1 aliphatic heterocycles. The van der Waals surface area contributed by atoms with Crippen LogP contribution in [0.3, 0.4) is 0 Å². The third-order valence-corrected chi connectivity index (χ3v) is 4.49. The molecule has 0 saturated carbocycles. The van der Waals surface area contributed by atoms with Crippen LogP contribution in [-0.4, -0.2) is 17.7 Å². The van der Waals surface area contributed by atoms with Crippen molar-refractivity contribution in [2.45, 2.75) is 6.92 Å². The molecule has 0 atom stereocenters. The number of hydrogen-bond donors (Lipinski definition) is 1. The van der Waals surface area contributed by atoms with E-state index in [1.165, 1.54) is 0 Å². The molecule has 5 heteroatoms. The van der Waals surface area contributed by atoms with Gasteiger partial charge in [0.25, 0.3) is 17.7 Å². The van der Waals surface area contributed by atoms with Crippen molar-refractivity contribution in [3.63, 3.8) is 0 Å². The van der Waals surface area contributed by atoms with E-state index in [0.29, 0.717) is 16.8 Å². The highest BCUT2D eigenvalue weighted by Gasteiger charge is 2.37. The highest BCUT2D eigenvalue weighted by Crippen LogP contribution is 2.31. The number of para-hydroxylation sites is 1. The van der Waals surface area contributed by atoms with Crippen LogP contribution in [0.15, 0.2) is 72.8 Å². The number of anilines is 2. The van der Waals surface area contributed by atoms with E-state index >= 15 is 0 Å². The Labute approximate surface area is 156 Å². The number of nitrogens with one attached hydrogen (secondary N) is 1. The molecule has 0 aliphatic carbocycles. The van der Waals surface area contributed by atoms with Crippen LogP contribution >= 0.6 is 0 Å². The van der Waals surface area contributed by atoms with E-state index in [0.717, 1.165) is 10.5 Å². The number of rotatable bonds is 3. The lowest BCUT2D eigenvalue weighted by Gasteiger charge is -2.18. The summed E-state index contributed by atoms with van der Waals surface area (Å²) in [6.45, 7) is 1.96. The first kappa shape index (κ1) is 16.7. The molecular weight excluding hydrogens is 340 g/mol. The van der Waals surface area contributed by atoms with E-state index < -0.39 is 11.8 Å². The van der Waals surface area contributed by atoms with Gasteiger partial charge in [-0.3, -0.25) is 14.4 Å². The summed E-state index contributed by atoms with van der Waals surface area (Å²) >= 11 is 0. The number of imide groups is 1. The first-order chi connectivity index (χ1) is 13.1. The fourth-order valence-electron chi connectivity index (χ4n) is 3.10. The van der Waals surface area contributed by atoms with Gasteiger partial charge in [-0.1, -0.05) is 42.0 Å². The van der Waals surface area contributed by atoms with Crippen LogP contribution in [0, 0.1) is 6.92 Å². The van der Waals surface area contributed by atoms with Crippen LogP contribution in [0.4, 0.5) is 11.4 Å². The molecule has 3 aromatic carbocycles. The summed E-state index contributed by atoms with van der Waals surface area (Å²) in [6.07, 6.45) is 0. The van der Waals surface area contributed by atoms with Gasteiger partial charge in [-0.25, -0.2) is 4.90 Å². The van der Waals surface area contributed by atoms with E-state index in [1.807, 2.05) is 19.1 Å². The number of carbonyl (C=O) groups is 3. The molecule has 5 nitrogen and oxygen atoms in total. The largest absolute Gasteiger partial charge is 0.322 e. The van der Waals surface area contributed by atoms with Crippen molar-refractivity contribution in [3.05, 3.63) is 95.1 Å². The lowest BCUT2D eigenvalue weighted by atomic mass is 10.1. The Hall–Kier alpha value is -3.73. The van der Waals surface area contributed by atoms with Gasteiger partial charge < -0.3 is 5.32 Å². The van der Waals surface area contributed by atoms with Crippen LogP contribution in [0.25, 0.3) is 0 Å². The van der Waals surface area contributed by atoms with Gasteiger partial charge in [-0.2, -0.15) is 0 Å². The van der Waals surface area contributed by atoms with Gasteiger partial charge in [0, 0.05) is 5.69 Å². The lowest BCUT2D eigenvalue weighted by molar-refractivity contribution is 0.0926. The van der Waals surface area contributed by atoms with Crippen LogP contribution in [-0.2, 0) is 0 Å². The number of nitrogens with zero attached hydrogens (tertiary/aromatic N) is 1. The molecule has 1 N–H and O–H groups in total. The highest BCUT2D eigenvalue weighted by atomic mass is 16.2. The molecule has 3 amide bonds. The standard InChI is InChI=1S/C22H16N2O3/c1-14-10-12-15(13-11-14)23-20(25)18-8-4-5-9-19(18)24-21(26)16-6-2-3-7-17(16)22(24)27/h2-13H,1H3,(H,23,25). The average Bonchev–Trinajstić information content (AvgIpc) is 2.94. The van der Waals surface area contributed by atoms with Crippen molar-refractivity contribution >= 4 is 29.1 Å². The SMILES string of the molecule is Cc1ccc(NC(=O)c2ccccc2N2C(=O)c3ccccc3C2=O)cc1. The number of carbonyl (C=O) groups excluding carboxylic acids is 3. The normalized spacial score (nSPS) is 12.9. The molecule has 0 spiro atoms. The summed E-state index contributed by atoms with van der Waals surface area (Å²) < 4.78 is 0. The molecule has 0 unspecified atom stereocenters. The minimum absolute atomic E-state index is 0.257. The molecule has 1 heterocycles. The fourth-order valence-corrected chi connectivity index (χ4v) is 3.10. The topological polar surface area (TPSA) is 66.5 Å². The van der Waals surface area contributed by atoms with E-state index in [2.05, 4.69) is 5.32 Å². The number of benzene rings is 3. The summed E-state index contributed by atoms with van der Waals surface area (Å²) in [6, 6.07) is 20.6. The predicted molar refractivity (Wildman–Crippen MR) is 103 cm³/mol. The molecule has 4 rings (SSSR count). The minimum atomic E-state index is -0.425. The molecule has 0 bridgehead atoms. The number of fused-ring (bicyclic) bond motifs is 1. The average molecular weight is 356 g/mol. The maximum atomic E-state index is 12.8. The minimum Gasteiger partial charge on any atom is -0.322 e. The van der Waals surface area contributed by atoms with Crippen molar-refractivity contribution in [1.82, 2.24) is 0 Å². The summed E-state index contributed by atoms with van der Waals surface area (Å²) in [5, 5.41) is 2.81. The molecule has 0 fully saturated rings. The molecule has 3 aromatic rings. The third kappa shape index (κ3) is 2.89. The predicted octanol–water partition coefficient (Wildman–Crippen LogP) is 4.05. The second-order valence-electron chi connectivity index (χ2n) is 6.33. The lowest BCUT2D eigenvalue weighted by Crippen LogP contribution is -2.31. The van der Waals surface area contributed by atoms with Gasteiger partial charge in [0.2, 0.25) is 0 Å². The summed E-state index contributed by atoms with van der Waals surface area (Å²) in [5.41, 5.74) is 2.94. The van der Waals surface area contributed by atoms with Crippen molar-refractivity contribution in [2.24, 2.45) is 0 Å². The molecule has 27 heavy (non-hydrogen) atoms. The van der Waals surface area contributed by atoms with Crippen LogP contribution in [0.5, 0.6) is 0 Å². The zero-order valence-corrected chi connectivity index (χ0v) is 14.6. The Balaban J connectivity index is 1.70. The first-order valence-electron chi connectivity index (χ1n) is 8.51. The van der Waals surface area contributed by atoms with Crippen molar-refractivity contribution < 1.29 is 14.4 Å². The van der Waals surface area contributed by atoms with Gasteiger partial charge in [-0.15, -0.1) is 0 Å². The molecule has 132 valence electrons. The Bertz CT molecular complexity index is 1040. The maximum absolute atomic E-state index is 12.8. The van der Waals surface area contributed by atoms with Gasteiger partial charge in [0.15, 0.2) is 0 Å². The second kappa shape index (κ2) is 6.53. The van der Waals surface area contributed by atoms with Gasteiger partial charge >= 0.3 is 0 Å². The maximum Gasteiger partial charge on any atom is 0.266 e. The Morgan fingerprint density at radius 1 is 0.778 bits per heavy atom. The molecule has 0 radical (unpaired) electrons. The zero-order chi connectivity index (χ0) is 19.0. The first-order valence-corrected chi connectivity index (χ1v) is 8.51. The summed E-state index contributed by atoms with van der Waals surface area (Å²) in [4.78, 5) is 39.4. The Morgan fingerprint density at radius 3 is 1.96 bits per heavy atom. The fraction of sp³-hybridized carbons (Fsp3) is 0.0455. The van der Waals surface area contributed by atoms with E-state index in [-0.39, 0.29) is 17.2 Å². The molecule has 0 saturated heterocycles. The van der Waals surface area contributed by atoms with Crippen LogP contribution < -0.4 is 10.2 Å². The quantitative estimate of drug-likeness (QED) is 0.720. The van der Waals surface area contributed by atoms with E-state index in [9.17, 15) is 14.4 Å². The van der Waals surface area contributed by atoms with E-state index in [1.54, 1.807) is 60.7 Å². The van der Waals surface area contributed by atoms with Crippen molar-refractivity contribution in [2.75, 3.05) is 10.2 Å². The van der Waals surface area contributed by atoms with Gasteiger partial charge in [0.05, 0.1) is 22.4 Å². The highest BCUT2D eigenvalue weighted by molar-refractivity contribution is 6.35. The number of aryl methyl sites for hydroxylation is 1. The summed E-state index contributed by atoms with van der Waals surface area (Å²) in [7, 11) is 0. The molecule has 1 aliphatic rings. The smallest absolute Gasteiger partial charge is 0.266 e. The van der Waals surface area contributed by atoms with Crippen molar-refractivity contribution in [1.29, 1.82) is 0 Å². The molecule has 0 aromatic heterocycles. The van der Waals surface area contributed by atoms with Crippen LogP contribution in [0.1, 0.15) is 36.6 Å². The van der Waals surface area contributed by atoms with Crippen molar-refractivity contribution in [3.8, 4) is 0 Å². The van der Waals surface area contributed by atoms with Crippen LogP contribution in [0.2, 0.25) is 0 Å². The van der Waals surface area contributed by atoms with Gasteiger partial charge in [0.1, 0.15) is 0 Å². The second-order valence-corrected chi connectivity index (χ2v) is 6.33. The van der Waals surface area contributed by atoms with E-state index in [4.69, 9.17) is 0 Å². The third-order valence-electron chi connectivity index (χ3n) is 4.49. The Morgan fingerprint density at radius 2 is 1.33 bits per heavy atom. The zero-order valence-electron chi connectivity index (χ0n) is 14.6. The monoisotopic (exact) mass is 356 g/mol. The number of hydrogen-bond acceptors (Lipinski definition) is 3. The Kier molecular flexibility index (Phi) is 4.05. The number of amides is 3. The van der Waals surface area contributed by atoms with Gasteiger partial charge in [-0.05, 0) is 43.3 Å². The summed E-state index contributed by atoms with van der Waals surface area (Å²) in [5.74, 6) is -1.23. The molecular formula is C22H16N2O3.